The van der Waals surface area contributed by atoms with Gasteiger partial charge in [0.2, 0.25) is 5.88 Å². The van der Waals surface area contributed by atoms with Crippen molar-refractivity contribution in [2.45, 2.75) is 25.0 Å². The van der Waals surface area contributed by atoms with Crippen molar-refractivity contribution >= 4 is 21.7 Å². The smallest absolute Gasteiger partial charge is 0.261 e. The molecule has 3 heterocycles. The standard InChI is InChI=1S/C23H21N3O4/c27-20-12-30-8-7-19(20)26-13-25-22-17-4-2-1-3-16(17)15(10-18(22)23(26)29)9-14-5-6-21(28)24-11-14/h1-6,10-11,13,19-20,27H,7-9,12H2,(H,24,28)/t19-,20-/m0/s1. The normalized spacial score (nSPS) is 19.4. The van der Waals surface area contributed by atoms with Gasteiger partial charge in [0.1, 0.15) is 0 Å². The number of fused-ring (bicyclic) bond motifs is 3. The average Bonchev–Trinajstić information content (AvgIpc) is 2.77. The minimum absolute atomic E-state index is 0.0239. The Bertz CT molecular complexity index is 1280. The van der Waals surface area contributed by atoms with Gasteiger partial charge in [0.15, 0.2) is 0 Å². The van der Waals surface area contributed by atoms with Crippen LogP contribution in [0.25, 0.3) is 21.7 Å². The Labute approximate surface area is 172 Å². The van der Waals surface area contributed by atoms with Gasteiger partial charge in [-0.15, -0.1) is 0 Å². The van der Waals surface area contributed by atoms with E-state index in [0.717, 1.165) is 21.9 Å². The van der Waals surface area contributed by atoms with Crippen LogP contribution in [0.1, 0.15) is 23.6 Å². The second kappa shape index (κ2) is 7.51. The molecule has 0 radical (unpaired) electrons. The Morgan fingerprint density at radius 1 is 1.10 bits per heavy atom. The van der Waals surface area contributed by atoms with Crippen LogP contribution in [-0.4, -0.2) is 44.1 Å². The third-order valence-corrected chi connectivity index (χ3v) is 5.73. The van der Waals surface area contributed by atoms with E-state index in [1.54, 1.807) is 18.6 Å². The largest absolute Gasteiger partial charge is 0.493 e. The maximum Gasteiger partial charge on any atom is 0.261 e. The second-order valence-electron chi connectivity index (χ2n) is 7.63. The van der Waals surface area contributed by atoms with Crippen molar-refractivity contribution in [2.24, 2.45) is 0 Å². The molecule has 7 heteroatoms. The highest BCUT2D eigenvalue weighted by molar-refractivity contribution is 6.06. The summed E-state index contributed by atoms with van der Waals surface area (Å²) in [6.45, 7) is 0.717. The minimum Gasteiger partial charge on any atom is -0.493 e. The summed E-state index contributed by atoms with van der Waals surface area (Å²) in [5, 5.41) is 22.2. The van der Waals surface area contributed by atoms with Gasteiger partial charge in [-0.3, -0.25) is 9.36 Å². The molecule has 30 heavy (non-hydrogen) atoms. The molecule has 2 N–H and O–H groups in total. The van der Waals surface area contributed by atoms with E-state index >= 15 is 0 Å². The fraction of sp³-hybridized carbons (Fsp3) is 0.261. The number of rotatable bonds is 3. The first kappa shape index (κ1) is 18.7. The molecule has 1 saturated heterocycles. The van der Waals surface area contributed by atoms with Crippen LogP contribution in [0, 0.1) is 0 Å². The number of hydrogen-bond acceptors (Lipinski definition) is 6. The van der Waals surface area contributed by atoms with Gasteiger partial charge in [0.25, 0.3) is 5.56 Å². The molecule has 0 bridgehead atoms. The van der Waals surface area contributed by atoms with Gasteiger partial charge in [-0.1, -0.05) is 30.3 Å². The maximum absolute atomic E-state index is 13.4. The van der Waals surface area contributed by atoms with E-state index in [1.807, 2.05) is 36.4 Å². The third-order valence-electron chi connectivity index (χ3n) is 5.73. The maximum atomic E-state index is 13.4. The summed E-state index contributed by atoms with van der Waals surface area (Å²) in [7, 11) is 0. The zero-order chi connectivity index (χ0) is 20.7. The molecule has 1 aliphatic heterocycles. The zero-order valence-corrected chi connectivity index (χ0v) is 16.2. The number of benzene rings is 2. The highest BCUT2D eigenvalue weighted by Gasteiger charge is 2.27. The summed E-state index contributed by atoms with van der Waals surface area (Å²) >= 11 is 0. The second-order valence-corrected chi connectivity index (χ2v) is 7.63. The van der Waals surface area contributed by atoms with Crippen LogP contribution >= 0.6 is 0 Å². The van der Waals surface area contributed by atoms with Crippen LogP contribution in [0.15, 0.2) is 59.8 Å². The van der Waals surface area contributed by atoms with Gasteiger partial charge >= 0.3 is 0 Å². The van der Waals surface area contributed by atoms with E-state index in [9.17, 15) is 15.0 Å². The SMILES string of the molecule is O=c1c2cc(Cc3ccc(O)nc3)c3ccccc3c2ncn1[C@H]1CCOC[C@@H]1O. The van der Waals surface area contributed by atoms with E-state index in [4.69, 9.17) is 4.74 Å². The lowest BCUT2D eigenvalue weighted by molar-refractivity contribution is -0.0395. The molecule has 0 saturated carbocycles. The molecule has 2 aromatic heterocycles. The summed E-state index contributed by atoms with van der Waals surface area (Å²) in [5.41, 5.74) is 2.40. The summed E-state index contributed by atoms with van der Waals surface area (Å²) in [6.07, 6.45) is 3.57. The van der Waals surface area contributed by atoms with E-state index in [0.29, 0.717) is 30.4 Å². The van der Waals surface area contributed by atoms with Crippen LogP contribution in [0.2, 0.25) is 0 Å². The summed E-state index contributed by atoms with van der Waals surface area (Å²) < 4.78 is 6.84. The Kier molecular flexibility index (Phi) is 4.69. The predicted octanol–water partition coefficient (Wildman–Crippen LogP) is 2.56. The molecule has 2 aromatic carbocycles. The van der Waals surface area contributed by atoms with Crippen molar-refractivity contribution in [1.82, 2.24) is 14.5 Å². The Morgan fingerprint density at radius 3 is 2.70 bits per heavy atom. The van der Waals surface area contributed by atoms with Crippen molar-refractivity contribution in [2.75, 3.05) is 13.2 Å². The van der Waals surface area contributed by atoms with Gasteiger partial charge in [-0.25, -0.2) is 9.97 Å². The number of nitrogens with zero attached hydrogens (tertiary/aromatic N) is 3. The minimum atomic E-state index is -0.737. The molecule has 0 unspecified atom stereocenters. The monoisotopic (exact) mass is 403 g/mol. The van der Waals surface area contributed by atoms with Crippen molar-refractivity contribution < 1.29 is 14.9 Å². The molecule has 152 valence electrons. The molecule has 0 amide bonds. The van der Waals surface area contributed by atoms with Crippen LogP contribution in [0.5, 0.6) is 5.88 Å². The number of aliphatic hydroxyl groups excluding tert-OH is 1. The van der Waals surface area contributed by atoms with Crippen molar-refractivity contribution in [1.29, 1.82) is 0 Å². The fourth-order valence-electron chi connectivity index (χ4n) is 4.21. The Morgan fingerprint density at radius 2 is 1.93 bits per heavy atom. The van der Waals surface area contributed by atoms with Crippen molar-refractivity contribution in [3.8, 4) is 5.88 Å². The molecule has 1 aliphatic rings. The highest BCUT2D eigenvalue weighted by Crippen LogP contribution is 2.28. The van der Waals surface area contributed by atoms with E-state index in [1.165, 1.54) is 4.57 Å². The van der Waals surface area contributed by atoms with Crippen molar-refractivity contribution in [3.63, 3.8) is 0 Å². The molecule has 7 nitrogen and oxygen atoms in total. The van der Waals surface area contributed by atoms with Gasteiger partial charge in [-0.2, -0.15) is 0 Å². The van der Waals surface area contributed by atoms with E-state index in [2.05, 4.69) is 9.97 Å². The Hall–Kier alpha value is -3.29. The van der Waals surface area contributed by atoms with Crippen LogP contribution in [-0.2, 0) is 11.2 Å². The van der Waals surface area contributed by atoms with Gasteiger partial charge < -0.3 is 14.9 Å². The van der Waals surface area contributed by atoms with Gasteiger partial charge in [0.05, 0.1) is 36.0 Å². The first-order valence-corrected chi connectivity index (χ1v) is 9.93. The first-order chi connectivity index (χ1) is 14.6. The van der Waals surface area contributed by atoms with Crippen LogP contribution in [0.4, 0.5) is 0 Å². The molecule has 0 spiro atoms. The lowest BCUT2D eigenvalue weighted by Gasteiger charge is -2.29. The number of hydrogen-bond donors (Lipinski definition) is 2. The third kappa shape index (κ3) is 3.22. The van der Waals surface area contributed by atoms with Gasteiger partial charge in [-0.05, 0) is 35.4 Å². The summed E-state index contributed by atoms with van der Waals surface area (Å²) in [6, 6.07) is 12.8. The summed E-state index contributed by atoms with van der Waals surface area (Å²) in [5.74, 6) is -0.0239. The topological polar surface area (TPSA) is 97.5 Å². The van der Waals surface area contributed by atoms with E-state index < -0.39 is 6.10 Å². The van der Waals surface area contributed by atoms with Crippen LogP contribution in [0.3, 0.4) is 0 Å². The predicted molar refractivity (Wildman–Crippen MR) is 113 cm³/mol. The molecule has 0 aliphatic carbocycles. The average molecular weight is 403 g/mol. The zero-order valence-electron chi connectivity index (χ0n) is 16.2. The Balaban J connectivity index is 1.70. The molecule has 5 rings (SSSR count). The quantitative estimate of drug-likeness (QED) is 0.510. The van der Waals surface area contributed by atoms with Crippen LogP contribution < -0.4 is 5.56 Å². The van der Waals surface area contributed by atoms with E-state index in [-0.39, 0.29) is 24.1 Å². The number of aromatic nitrogens is 3. The lowest BCUT2D eigenvalue weighted by Crippen LogP contribution is -2.39. The fourth-order valence-corrected chi connectivity index (χ4v) is 4.21. The molecule has 4 aromatic rings. The highest BCUT2D eigenvalue weighted by atomic mass is 16.5. The first-order valence-electron chi connectivity index (χ1n) is 9.93. The molecule has 1 fully saturated rings. The number of ether oxygens (including phenoxy) is 1. The number of aliphatic hydroxyl groups is 1. The molecular weight excluding hydrogens is 382 g/mol. The van der Waals surface area contributed by atoms with Gasteiger partial charge in [0, 0.05) is 24.3 Å². The number of aromatic hydroxyl groups is 1. The lowest BCUT2D eigenvalue weighted by atomic mass is 9.96. The molecular formula is C23H21N3O4. The number of pyridine rings is 1. The molecule has 2 atom stereocenters. The summed E-state index contributed by atoms with van der Waals surface area (Å²) in [4.78, 5) is 22.0. The van der Waals surface area contributed by atoms with Crippen molar-refractivity contribution in [3.05, 3.63) is 76.5 Å².